The summed E-state index contributed by atoms with van der Waals surface area (Å²) in [5, 5.41) is 19.7. The number of anilines is 1. The molecule has 0 heterocycles. The third-order valence-electron chi connectivity index (χ3n) is 5.39. The second-order valence-corrected chi connectivity index (χ2v) is 10.4. The number of carboxylic acid groups (broad SMARTS) is 1. The van der Waals surface area contributed by atoms with E-state index in [1.165, 1.54) is 12.1 Å². The van der Waals surface area contributed by atoms with Crippen LogP contribution in [0.1, 0.15) is 30.4 Å². The van der Waals surface area contributed by atoms with Crippen molar-refractivity contribution in [1.82, 2.24) is 4.90 Å². The molecule has 0 aliphatic heterocycles. The molecule has 0 aliphatic carbocycles. The molecular weight excluding hydrogens is 486 g/mol. The molecule has 12 heteroatoms. The maximum Gasteiger partial charge on any atom is 0.320 e. The zero-order chi connectivity index (χ0) is 26.9. The molecule has 0 aromatic heterocycles. The lowest BCUT2D eigenvalue weighted by molar-refractivity contribution is -0.138. The number of carbonyl (C=O) groups is 3. The van der Waals surface area contributed by atoms with Crippen LogP contribution in [0.3, 0.4) is 0 Å². The first kappa shape index (κ1) is 28.5. The van der Waals surface area contributed by atoms with Crippen LogP contribution in [0.25, 0.3) is 0 Å². The lowest BCUT2D eigenvalue weighted by Crippen LogP contribution is -2.43. The molecule has 0 bridgehead atoms. The number of sulfone groups is 1. The van der Waals surface area contributed by atoms with Crippen LogP contribution in [0.15, 0.2) is 53.4 Å². The zero-order valence-corrected chi connectivity index (χ0v) is 20.8. The summed E-state index contributed by atoms with van der Waals surface area (Å²) in [5.41, 5.74) is 13.1. The van der Waals surface area contributed by atoms with Crippen LogP contribution in [-0.4, -0.2) is 60.9 Å². The van der Waals surface area contributed by atoms with Gasteiger partial charge in [-0.1, -0.05) is 30.3 Å². The molecule has 1 amide bonds. The number of nitrogens with two attached hydrogens (primary N) is 2. The molecule has 11 nitrogen and oxygen atoms in total. The van der Waals surface area contributed by atoms with Crippen molar-refractivity contribution in [3.8, 4) is 0 Å². The Bertz CT molecular complexity index is 1210. The lowest BCUT2D eigenvalue weighted by Gasteiger charge is -2.21. The number of para-hydroxylation sites is 1. The maximum atomic E-state index is 12.6. The van der Waals surface area contributed by atoms with Gasteiger partial charge in [0.1, 0.15) is 11.8 Å². The fraction of sp³-hybridized carbons (Fsp3) is 0.333. The third-order valence-corrected chi connectivity index (χ3v) is 6.52. The molecule has 2 aromatic rings. The lowest BCUT2D eigenvalue weighted by atomic mass is 10.0. The van der Waals surface area contributed by atoms with Crippen LogP contribution in [-0.2, 0) is 37.2 Å². The molecule has 0 saturated heterocycles. The Hall–Kier alpha value is -3.77. The Morgan fingerprint density at radius 3 is 2.33 bits per heavy atom. The van der Waals surface area contributed by atoms with Gasteiger partial charge in [-0.2, -0.15) is 0 Å². The first-order valence-electron chi connectivity index (χ1n) is 11.1. The molecule has 2 aromatic carbocycles. The summed E-state index contributed by atoms with van der Waals surface area (Å²) in [5.74, 6) is -2.71. The van der Waals surface area contributed by atoms with Gasteiger partial charge in [0, 0.05) is 31.5 Å². The Kier molecular flexibility index (Phi) is 10.1. The monoisotopic (exact) mass is 517 g/mol. The van der Waals surface area contributed by atoms with E-state index >= 15 is 0 Å². The first-order chi connectivity index (χ1) is 16.9. The quantitative estimate of drug-likeness (QED) is 0.147. The fourth-order valence-corrected chi connectivity index (χ4v) is 4.04. The van der Waals surface area contributed by atoms with Gasteiger partial charge in [-0.05, 0) is 42.2 Å². The first-order valence-corrected chi connectivity index (χ1v) is 13.0. The highest BCUT2D eigenvalue weighted by Gasteiger charge is 2.21. The molecule has 0 fully saturated rings. The number of rotatable bonds is 13. The molecular formula is C24H31N5O6S. The number of nitrogens with zero attached hydrogens (tertiary/aromatic N) is 1. The number of benzene rings is 2. The standard InChI is InChI=1S/C24H31N5O6S/c1-36(34,35)19-10-8-16(9-11-19)15-28-21-7-3-2-5-17(21)13-18(30)14-22(31)29(24(26)27)12-4-6-20(25)23(32)33/h2-3,5,7-11,20,28H,4,6,12-15,25H2,1H3,(H3,26,27)(H,32,33). The van der Waals surface area contributed by atoms with Crippen molar-refractivity contribution < 1.29 is 27.9 Å². The van der Waals surface area contributed by atoms with Gasteiger partial charge in [0.2, 0.25) is 5.91 Å². The van der Waals surface area contributed by atoms with Crippen LogP contribution < -0.4 is 16.8 Å². The van der Waals surface area contributed by atoms with Gasteiger partial charge in [0.15, 0.2) is 15.8 Å². The van der Waals surface area contributed by atoms with Gasteiger partial charge in [-0.15, -0.1) is 0 Å². The van der Waals surface area contributed by atoms with Gasteiger partial charge in [-0.25, -0.2) is 8.42 Å². The molecule has 36 heavy (non-hydrogen) atoms. The average Bonchev–Trinajstić information content (AvgIpc) is 2.80. The number of Topliss-reactive ketones (excluding diaryl/α,β-unsaturated/α-hetero) is 1. The molecule has 194 valence electrons. The van der Waals surface area contributed by atoms with E-state index in [0.29, 0.717) is 17.8 Å². The highest BCUT2D eigenvalue weighted by atomic mass is 32.2. The van der Waals surface area contributed by atoms with E-state index in [1.807, 2.05) is 0 Å². The van der Waals surface area contributed by atoms with Crippen molar-refractivity contribution in [1.29, 1.82) is 5.41 Å². The van der Waals surface area contributed by atoms with Crippen LogP contribution in [0, 0.1) is 5.41 Å². The molecule has 2 rings (SSSR count). The highest BCUT2D eigenvalue weighted by Crippen LogP contribution is 2.19. The zero-order valence-electron chi connectivity index (χ0n) is 19.9. The summed E-state index contributed by atoms with van der Waals surface area (Å²) in [6.45, 7) is 0.378. The number of aliphatic carboxylic acids is 1. The van der Waals surface area contributed by atoms with Crippen LogP contribution in [0.4, 0.5) is 5.69 Å². The molecule has 1 atom stereocenters. The minimum atomic E-state index is -3.28. The van der Waals surface area contributed by atoms with E-state index in [1.54, 1.807) is 36.4 Å². The summed E-state index contributed by atoms with van der Waals surface area (Å²) in [6, 6.07) is 12.5. The smallest absolute Gasteiger partial charge is 0.320 e. The summed E-state index contributed by atoms with van der Waals surface area (Å²) >= 11 is 0. The summed E-state index contributed by atoms with van der Waals surface area (Å²) < 4.78 is 23.2. The van der Waals surface area contributed by atoms with Gasteiger partial charge in [0.05, 0.1) is 11.3 Å². The topological polar surface area (TPSA) is 197 Å². The molecule has 1 unspecified atom stereocenters. The van der Waals surface area contributed by atoms with Gasteiger partial charge in [0.25, 0.3) is 0 Å². The molecule has 0 aliphatic rings. The van der Waals surface area contributed by atoms with Gasteiger partial charge in [-0.3, -0.25) is 24.7 Å². The summed E-state index contributed by atoms with van der Waals surface area (Å²) in [6.07, 6.45) is 0.952. The van der Waals surface area contributed by atoms with Crippen molar-refractivity contribution in [3.63, 3.8) is 0 Å². The summed E-state index contributed by atoms with van der Waals surface area (Å²) in [7, 11) is -3.28. The minimum absolute atomic E-state index is 0.0152. The number of hydrogen-bond acceptors (Lipinski definition) is 8. The van der Waals surface area contributed by atoms with E-state index in [9.17, 15) is 22.8 Å². The number of guanidine groups is 1. The molecule has 7 N–H and O–H groups in total. The predicted octanol–water partition coefficient (Wildman–Crippen LogP) is 1.12. The van der Waals surface area contributed by atoms with Crippen molar-refractivity contribution >= 4 is 39.1 Å². The largest absolute Gasteiger partial charge is 0.480 e. The van der Waals surface area contributed by atoms with Gasteiger partial charge >= 0.3 is 5.97 Å². The normalized spacial score (nSPS) is 11.9. The van der Waals surface area contributed by atoms with E-state index < -0.39 is 40.1 Å². The van der Waals surface area contributed by atoms with Crippen LogP contribution in [0.5, 0.6) is 0 Å². The second-order valence-electron chi connectivity index (χ2n) is 8.34. The van der Waals surface area contributed by atoms with Crippen LogP contribution >= 0.6 is 0 Å². The predicted molar refractivity (Wildman–Crippen MR) is 135 cm³/mol. The SMILES string of the molecule is CS(=O)(=O)c1ccc(CNc2ccccc2CC(=O)CC(=O)N(CCCC(N)C(=O)O)C(=N)N)cc1. The van der Waals surface area contributed by atoms with Crippen molar-refractivity contribution in [3.05, 3.63) is 59.7 Å². The Morgan fingerprint density at radius 2 is 1.75 bits per heavy atom. The van der Waals surface area contributed by atoms with E-state index in [4.69, 9.17) is 22.0 Å². The van der Waals surface area contributed by atoms with Gasteiger partial charge < -0.3 is 21.9 Å². The minimum Gasteiger partial charge on any atom is -0.480 e. The number of carbonyl (C=O) groups excluding carboxylic acids is 2. The number of carboxylic acids is 1. The third kappa shape index (κ3) is 8.78. The number of amides is 1. The average molecular weight is 518 g/mol. The molecule has 0 radical (unpaired) electrons. The van der Waals surface area contributed by atoms with E-state index in [2.05, 4.69) is 5.32 Å². The van der Waals surface area contributed by atoms with Crippen molar-refractivity contribution in [2.45, 2.75) is 43.2 Å². The fourth-order valence-electron chi connectivity index (χ4n) is 3.41. The summed E-state index contributed by atoms with van der Waals surface area (Å²) in [4.78, 5) is 37.2. The van der Waals surface area contributed by atoms with E-state index in [-0.39, 0.29) is 36.5 Å². The maximum absolute atomic E-state index is 12.6. The highest BCUT2D eigenvalue weighted by molar-refractivity contribution is 7.90. The number of hydrogen-bond donors (Lipinski definition) is 5. The van der Waals surface area contributed by atoms with E-state index in [0.717, 1.165) is 16.7 Å². The Labute approximate surface area is 209 Å². The Balaban J connectivity index is 1.97. The second kappa shape index (κ2) is 12.8. The number of nitrogens with one attached hydrogen (secondary N) is 2. The van der Waals surface area contributed by atoms with Crippen molar-refractivity contribution in [2.24, 2.45) is 11.5 Å². The number of ketones is 1. The molecule has 0 saturated carbocycles. The van der Waals surface area contributed by atoms with Crippen molar-refractivity contribution in [2.75, 3.05) is 18.1 Å². The molecule has 0 spiro atoms. The van der Waals surface area contributed by atoms with Crippen LogP contribution in [0.2, 0.25) is 0 Å². The Morgan fingerprint density at radius 1 is 1.11 bits per heavy atom.